The fourth-order valence-electron chi connectivity index (χ4n) is 3.10. The summed E-state index contributed by atoms with van der Waals surface area (Å²) < 4.78 is 52.0. The van der Waals surface area contributed by atoms with E-state index >= 15 is 0 Å². The van der Waals surface area contributed by atoms with Crippen LogP contribution < -0.4 is 10.5 Å². The van der Waals surface area contributed by atoms with Gasteiger partial charge in [0.05, 0.1) is 0 Å². The van der Waals surface area contributed by atoms with Crippen LogP contribution in [0.15, 0.2) is 23.4 Å². The predicted octanol–water partition coefficient (Wildman–Crippen LogP) is 2.25. The van der Waals surface area contributed by atoms with Gasteiger partial charge in [-0.15, -0.1) is 0 Å². The molecular weight excluding hydrogens is 392 g/mol. The zero-order valence-electron chi connectivity index (χ0n) is 15.6. The second kappa shape index (κ2) is 6.89. The molecule has 0 aliphatic heterocycles. The molecule has 1 aliphatic carbocycles. The lowest BCUT2D eigenvalue weighted by molar-refractivity contribution is 0.0114. The van der Waals surface area contributed by atoms with Crippen LogP contribution >= 0.6 is 0 Å². The summed E-state index contributed by atoms with van der Waals surface area (Å²) in [6.07, 6.45) is 2.12. The molecule has 152 valence electrons. The van der Waals surface area contributed by atoms with E-state index in [0.717, 1.165) is 19.4 Å². The van der Waals surface area contributed by atoms with Crippen LogP contribution in [0.4, 0.5) is 14.5 Å². The van der Waals surface area contributed by atoms with Gasteiger partial charge in [-0.25, -0.2) is 18.5 Å². The molecule has 0 unspecified atom stereocenters. The number of rotatable bonds is 6. The molecule has 2 heterocycles. The lowest BCUT2D eigenvalue weighted by Gasteiger charge is -2.10. The highest BCUT2D eigenvalue weighted by molar-refractivity contribution is 7.89. The molecule has 3 rings (SSSR count). The summed E-state index contributed by atoms with van der Waals surface area (Å²) in [5.41, 5.74) is -0.227. The largest absolute Gasteiger partial charge is 0.321 e. The molecular formula is C17H21F2N5O3S. The van der Waals surface area contributed by atoms with Gasteiger partial charge in [-0.05, 0) is 31.2 Å². The van der Waals surface area contributed by atoms with Gasteiger partial charge in [0.15, 0.2) is 5.03 Å². The Morgan fingerprint density at radius 1 is 1.46 bits per heavy atom. The van der Waals surface area contributed by atoms with Crippen molar-refractivity contribution in [1.29, 1.82) is 0 Å². The van der Waals surface area contributed by atoms with Crippen LogP contribution in [0.5, 0.6) is 0 Å². The quantitative estimate of drug-likeness (QED) is 0.753. The minimum atomic E-state index is -4.05. The van der Waals surface area contributed by atoms with E-state index in [2.05, 4.69) is 15.4 Å². The molecule has 1 amide bonds. The molecule has 11 heteroatoms. The first-order valence-corrected chi connectivity index (χ1v) is 10.2. The maximum absolute atomic E-state index is 13.9. The van der Waals surface area contributed by atoms with Gasteiger partial charge in [-0.1, -0.05) is 6.92 Å². The second-order valence-electron chi connectivity index (χ2n) is 7.25. The number of hydrogen-bond acceptors (Lipinski definition) is 5. The smallest absolute Gasteiger partial charge is 0.289 e. The first-order chi connectivity index (χ1) is 12.9. The highest BCUT2D eigenvalue weighted by Crippen LogP contribution is 2.40. The van der Waals surface area contributed by atoms with E-state index in [-0.39, 0.29) is 22.9 Å². The number of carbonyl (C=O) groups is 1. The number of halogens is 2. The van der Waals surface area contributed by atoms with Gasteiger partial charge in [0.2, 0.25) is 0 Å². The molecule has 0 spiro atoms. The van der Waals surface area contributed by atoms with Crippen LogP contribution in [0.3, 0.4) is 0 Å². The summed E-state index contributed by atoms with van der Waals surface area (Å²) in [6, 6.07) is 2.47. The molecule has 1 saturated carbocycles. The topological polar surface area (TPSA) is 120 Å². The van der Waals surface area contributed by atoms with Crippen molar-refractivity contribution in [2.45, 2.75) is 44.7 Å². The molecule has 1 fully saturated rings. The van der Waals surface area contributed by atoms with Crippen molar-refractivity contribution >= 4 is 21.6 Å². The van der Waals surface area contributed by atoms with E-state index in [1.54, 1.807) is 0 Å². The average molecular weight is 413 g/mol. The van der Waals surface area contributed by atoms with Crippen molar-refractivity contribution < 1.29 is 22.0 Å². The minimum Gasteiger partial charge on any atom is -0.321 e. The average Bonchev–Trinajstić information content (AvgIpc) is 3.13. The van der Waals surface area contributed by atoms with Gasteiger partial charge < -0.3 is 5.32 Å². The van der Waals surface area contributed by atoms with Crippen LogP contribution in [0.1, 0.15) is 42.0 Å². The number of nitrogens with one attached hydrogen (secondary N) is 1. The zero-order chi connectivity index (χ0) is 20.9. The molecule has 1 aliphatic rings. The number of primary sulfonamides is 1. The first kappa shape index (κ1) is 20.3. The van der Waals surface area contributed by atoms with Crippen LogP contribution in [0, 0.1) is 18.8 Å². The number of aromatic nitrogens is 3. The first-order valence-electron chi connectivity index (χ1n) is 8.64. The fourth-order valence-corrected chi connectivity index (χ4v) is 3.60. The highest BCUT2D eigenvalue weighted by atomic mass is 32.2. The molecule has 28 heavy (non-hydrogen) atoms. The number of nitrogens with two attached hydrogens (primary N) is 1. The van der Waals surface area contributed by atoms with E-state index in [4.69, 9.17) is 5.14 Å². The van der Waals surface area contributed by atoms with Crippen molar-refractivity contribution in [2.75, 3.05) is 5.32 Å². The zero-order valence-corrected chi connectivity index (χ0v) is 16.4. The monoisotopic (exact) mass is 413 g/mol. The predicted molar refractivity (Wildman–Crippen MR) is 97.4 cm³/mol. The summed E-state index contributed by atoms with van der Waals surface area (Å²) in [4.78, 5) is 16.5. The number of hydrogen-bond donors (Lipinski definition) is 2. The van der Waals surface area contributed by atoms with E-state index in [1.807, 2.05) is 6.92 Å². The summed E-state index contributed by atoms with van der Waals surface area (Å²) >= 11 is 0. The Morgan fingerprint density at radius 3 is 2.64 bits per heavy atom. The molecule has 0 bridgehead atoms. The van der Waals surface area contributed by atoms with Gasteiger partial charge in [0, 0.05) is 37.0 Å². The molecule has 0 aromatic carbocycles. The summed E-state index contributed by atoms with van der Waals surface area (Å²) in [5.74, 6) is -3.14. The van der Waals surface area contributed by atoms with Gasteiger partial charge in [-0.3, -0.25) is 9.48 Å². The Morgan fingerprint density at radius 2 is 2.11 bits per heavy atom. The third-order valence-corrected chi connectivity index (χ3v) is 5.59. The van der Waals surface area contributed by atoms with Crippen molar-refractivity contribution in [1.82, 2.24) is 14.8 Å². The van der Waals surface area contributed by atoms with Crippen molar-refractivity contribution in [2.24, 2.45) is 17.0 Å². The maximum Gasteiger partial charge on any atom is 0.289 e. The van der Waals surface area contributed by atoms with Crippen molar-refractivity contribution in [3.63, 3.8) is 0 Å². The Hall–Kier alpha value is -2.40. The molecule has 2 aromatic heterocycles. The second-order valence-corrected chi connectivity index (χ2v) is 8.76. The number of anilines is 1. The number of pyridine rings is 1. The normalized spacial score (nSPS) is 19.5. The van der Waals surface area contributed by atoms with E-state index in [0.29, 0.717) is 12.5 Å². The number of alkyl halides is 2. The maximum atomic E-state index is 13.9. The lowest BCUT2D eigenvalue weighted by Crippen LogP contribution is -2.20. The van der Waals surface area contributed by atoms with Crippen molar-refractivity contribution in [3.05, 3.63) is 35.3 Å². The number of carbonyl (C=O) groups excluding carboxylic acids is 1. The number of amides is 1. The summed E-state index contributed by atoms with van der Waals surface area (Å²) in [7, 11) is -4.05. The summed E-state index contributed by atoms with van der Waals surface area (Å²) in [6.45, 7) is 4.56. The number of sulfonamides is 1. The van der Waals surface area contributed by atoms with E-state index < -0.39 is 32.6 Å². The van der Waals surface area contributed by atoms with E-state index in [9.17, 15) is 22.0 Å². The fraction of sp³-hybridized carbons (Fsp3) is 0.471. The Labute approximate surface area is 161 Å². The molecule has 8 nitrogen and oxygen atoms in total. The van der Waals surface area contributed by atoms with Gasteiger partial charge >= 0.3 is 0 Å². The standard InChI is InChI=1S/C17H21F2N5O3S/c1-9-6-11(9)8-24-14(10(2)15(23-24)17(3,18)19)16(25)22-12-4-5-21-13(7-12)28(20,26)27/h4-5,7,9,11H,6,8H2,1-3H3,(H2,20,26,27)(H,21,22,25)/t9-,11+/m1/s1. The van der Waals surface area contributed by atoms with Gasteiger partial charge in [0.25, 0.3) is 21.9 Å². The number of nitrogens with zero attached hydrogens (tertiary/aromatic N) is 3. The third kappa shape index (κ3) is 4.20. The Bertz CT molecular complexity index is 1030. The third-order valence-electron chi connectivity index (χ3n) is 4.79. The molecule has 3 N–H and O–H groups in total. The molecule has 0 saturated heterocycles. The van der Waals surface area contributed by atoms with Crippen LogP contribution in [0.25, 0.3) is 0 Å². The molecule has 2 atom stereocenters. The molecule has 0 radical (unpaired) electrons. The van der Waals surface area contributed by atoms with Crippen LogP contribution in [-0.2, 0) is 22.5 Å². The van der Waals surface area contributed by atoms with Crippen LogP contribution in [0.2, 0.25) is 0 Å². The van der Waals surface area contributed by atoms with E-state index in [1.165, 1.54) is 23.9 Å². The van der Waals surface area contributed by atoms with Gasteiger partial charge in [0.1, 0.15) is 11.4 Å². The lowest BCUT2D eigenvalue weighted by atomic mass is 10.1. The Balaban J connectivity index is 1.95. The van der Waals surface area contributed by atoms with Crippen LogP contribution in [-0.4, -0.2) is 29.1 Å². The summed E-state index contributed by atoms with van der Waals surface area (Å²) in [5, 5.41) is 11.1. The minimum absolute atomic E-state index is 0.0181. The van der Waals surface area contributed by atoms with Crippen molar-refractivity contribution in [3.8, 4) is 0 Å². The Kier molecular flexibility index (Phi) is 5.00. The molecule has 2 aromatic rings. The van der Waals surface area contributed by atoms with Gasteiger partial charge in [-0.2, -0.15) is 13.9 Å². The highest BCUT2D eigenvalue weighted by Gasteiger charge is 2.38. The SMILES string of the molecule is Cc1c(C(C)(F)F)nn(C[C@@H]2C[C@H]2C)c1C(=O)Nc1ccnc(S(N)(=O)=O)c1.